The summed E-state index contributed by atoms with van der Waals surface area (Å²) in [4.78, 5) is 42.9. The van der Waals surface area contributed by atoms with E-state index in [4.69, 9.17) is 0 Å². The zero-order valence-electron chi connectivity index (χ0n) is 23.6. The number of rotatable bonds is 8. The zero-order valence-corrected chi connectivity index (χ0v) is 23.6. The molecule has 1 aliphatic carbocycles. The lowest BCUT2D eigenvalue weighted by Crippen LogP contribution is -2.47. The number of hydrogen-bond acceptors (Lipinski definition) is 6. The molecule has 2 amide bonds. The smallest absolute Gasteiger partial charge is 0.355 e. The van der Waals surface area contributed by atoms with Crippen LogP contribution in [0.1, 0.15) is 84.2 Å². The van der Waals surface area contributed by atoms with Crippen molar-refractivity contribution in [3.05, 3.63) is 47.2 Å². The van der Waals surface area contributed by atoms with Crippen molar-refractivity contribution in [3.63, 3.8) is 0 Å². The second kappa shape index (κ2) is 11.6. The van der Waals surface area contributed by atoms with Crippen LogP contribution in [0.5, 0.6) is 0 Å². The number of aryl methyl sites for hydroxylation is 1. The van der Waals surface area contributed by atoms with Crippen LogP contribution in [0.4, 0.5) is 22.0 Å². The Kier molecular flexibility index (Phi) is 8.27. The summed E-state index contributed by atoms with van der Waals surface area (Å²) < 4.78 is 71.0. The van der Waals surface area contributed by atoms with Crippen LogP contribution >= 0.6 is 0 Å². The molecule has 1 aliphatic heterocycles. The summed E-state index contributed by atoms with van der Waals surface area (Å²) in [6, 6.07) is 2.22. The van der Waals surface area contributed by atoms with Gasteiger partial charge in [0.05, 0.1) is 29.5 Å². The SMILES string of the molecule is CCn1nccc1C(=O)N[C@H](c1cn2nc(CC3C[C@@H](C(F)(F)F)CNC3=O)c(C(C)=O)cc2n1)C1CCC(F)(F)CC1. The summed E-state index contributed by atoms with van der Waals surface area (Å²) >= 11 is 0. The molecule has 4 heterocycles. The van der Waals surface area contributed by atoms with E-state index in [0.717, 1.165) is 0 Å². The van der Waals surface area contributed by atoms with Gasteiger partial charge in [0, 0.05) is 50.0 Å². The maximum Gasteiger partial charge on any atom is 0.393 e. The number of ketones is 1. The lowest BCUT2D eigenvalue weighted by Gasteiger charge is -2.33. The fourth-order valence-electron chi connectivity index (χ4n) is 5.97. The lowest BCUT2D eigenvalue weighted by atomic mass is 9.81. The van der Waals surface area contributed by atoms with E-state index >= 15 is 0 Å². The minimum absolute atomic E-state index is 0.108. The highest BCUT2D eigenvalue weighted by molar-refractivity contribution is 5.96. The monoisotopic (exact) mass is 609 g/mol. The Morgan fingerprint density at radius 1 is 1.23 bits per heavy atom. The summed E-state index contributed by atoms with van der Waals surface area (Å²) in [7, 11) is 0. The van der Waals surface area contributed by atoms with Crippen molar-refractivity contribution >= 4 is 23.2 Å². The number of amides is 2. The fourth-order valence-corrected chi connectivity index (χ4v) is 5.97. The van der Waals surface area contributed by atoms with E-state index in [1.807, 2.05) is 6.92 Å². The molecular weight excluding hydrogens is 577 g/mol. The summed E-state index contributed by atoms with van der Waals surface area (Å²) in [5.41, 5.74) is 1.09. The third-order valence-electron chi connectivity index (χ3n) is 8.38. The molecule has 3 atom stereocenters. The Morgan fingerprint density at radius 3 is 2.60 bits per heavy atom. The number of halogens is 5. The predicted octanol–water partition coefficient (Wildman–Crippen LogP) is 4.30. The Morgan fingerprint density at radius 2 is 1.95 bits per heavy atom. The first kappa shape index (κ1) is 30.5. The van der Waals surface area contributed by atoms with Gasteiger partial charge < -0.3 is 10.6 Å². The molecule has 2 N–H and O–H groups in total. The lowest BCUT2D eigenvalue weighted by molar-refractivity contribution is -0.183. The third kappa shape index (κ3) is 6.54. The zero-order chi connectivity index (χ0) is 31.1. The molecule has 2 fully saturated rings. The number of carbonyl (C=O) groups is 3. The number of carbonyl (C=O) groups excluding carboxylic acids is 3. The van der Waals surface area contributed by atoms with Crippen LogP contribution in [0.2, 0.25) is 0 Å². The summed E-state index contributed by atoms with van der Waals surface area (Å²) in [6.45, 7) is 3.04. The summed E-state index contributed by atoms with van der Waals surface area (Å²) in [5.74, 6) is -7.35. The third-order valence-corrected chi connectivity index (χ3v) is 8.38. The molecule has 0 bridgehead atoms. The average molecular weight is 610 g/mol. The van der Waals surface area contributed by atoms with Crippen LogP contribution in [0, 0.1) is 17.8 Å². The Labute approximate surface area is 243 Å². The molecule has 3 aromatic rings. The van der Waals surface area contributed by atoms with Crippen molar-refractivity contribution in [2.24, 2.45) is 17.8 Å². The molecule has 1 unspecified atom stereocenters. The molecule has 10 nitrogen and oxygen atoms in total. The Hall–Kier alpha value is -3.91. The van der Waals surface area contributed by atoms with Crippen LogP contribution < -0.4 is 10.6 Å². The van der Waals surface area contributed by atoms with Crippen LogP contribution in [0.15, 0.2) is 24.5 Å². The molecule has 0 spiro atoms. The summed E-state index contributed by atoms with van der Waals surface area (Å²) in [6.07, 6.45) is -2.54. The molecule has 43 heavy (non-hydrogen) atoms. The topological polar surface area (TPSA) is 123 Å². The minimum atomic E-state index is -4.48. The quantitative estimate of drug-likeness (QED) is 0.290. The van der Waals surface area contributed by atoms with Gasteiger partial charge in [0.15, 0.2) is 11.4 Å². The average Bonchev–Trinajstić information content (AvgIpc) is 3.58. The number of piperidine rings is 1. The second-order valence-electron chi connectivity index (χ2n) is 11.3. The van der Waals surface area contributed by atoms with Gasteiger partial charge in [0.25, 0.3) is 5.91 Å². The van der Waals surface area contributed by atoms with E-state index in [0.29, 0.717) is 17.9 Å². The van der Waals surface area contributed by atoms with Crippen LogP contribution in [0.25, 0.3) is 5.65 Å². The van der Waals surface area contributed by atoms with Gasteiger partial charge in [-0.2, -0.15) is 23.4 Å². The van der Waals surface area contributed by atoms with Crippen molar-refractivity contribution in [1.82, 2.24) is 35.0 Å². The molecule has 2 aliphatic rings. The number of Topliss-reactive ketones (excluding diaryl/α,β-unsaturated/α-hetero) is 1. The van der Waals surface area contributed by atoms with E-state index in [2.05, 4.69) is 25.8 Å². The predicted molar refractivity (Wildman–Crippen MR) is 142 cm³/mol. The van der Waals surface area contributed by atoms with E-state index in [9.17, 15) is 36.3 Å². The van der Waals surface area contributed by atoms with Gasteiger partial charge in [-0.1, -0.05) is 0 Å². The number of alkyl halides is 5. The van der Waals surface area contributed by atoms with Crippen molar-refractivity contribution in [3.8, 4) is 0 Å². The molecule has 1 saturated carbocycles. The van der Waals surface area contributed by atoms with Gasteiger partial charge >= 0.3 is 6.18 Å². The second-order valence-corrected chi connectivity index (χ2v) is 11.3. The number of nitrogens with zero attached hydrogens (tertiary/aromatic N) is 5. The van der Waals surface area contributed by atoms with Crippen molar-refractivity contribution in [2.45, 2.75) is 77.1 Å². The van der Waals surface area contributed by atoms with E-state index in [1.54, 1.807) is 6.07 Å². The van der Waals surface area contributed by atoms with Gasteiger partial charge in [0.2, 0.25) is 11.8 Å². The highest BCUT2D eigenvalue weighted by Crippen LogP contribution is 2.41. The van der Waals surface area contributed by atoms with Gasteiger partial charge in [0.1, 0.15) is 5.69 Å². The van der Waals surface area contributed by atoms with Crippen molar-refractivity contribution in [1.29, 1.82) is 0 Å². The number of aromatic nitrogens is 5. The normalized spacial score (nSPS) is 21.9. The highest BCUT2D eigenvalue weighted by atomic mass is 19.4. The van der Waals surface area contributed by atoms with E-state index in [-0.39, 0.29) is 54.9 Å². The standard InChI is InChI=1S/C28H32F5N7O3/c1-3-39-22(6-9-35-39)26(43)37-24(16-4-7-27(29,30)8-5-16)21-14-40-23(36-21)12-19(15(2)41)20(38-40)11-17-10-18(28(31,32)33)13-34-25(17)42/h6,9,12,14,16-18,24H,3-5,7-8,10-11,13H2,1-2H3,(H,34,42)(H,37,43)/t17?,18-,24+/m1/s1. The van der Waals surface area contributed by atoms with Crippen LogP contribution in [0.3, 0.4) is 0 Å². The number of nitrogens with one attached hydrogen (secondary N) is 2. The van der Waals surface area contributed by atoms with Crippen molar-refractivity contribution in [2.75, 3.05) is 6.54 Å². The highest BCUT2D eigenvalue weighted by Gasteiger charge is 2.45. The molecule has 0 aromatic carbocycles. The maximum atomic E-state index is 14.0. The van der Waals surface area contributed by atoms with E-state index < -0.39 is 60.5 Å². The Balaban J connectivity index is 1.48. The molecule has 1 saturated heterocycles. The molecule has 232 valence electrons. The molecular formula is C28H32F5N7O3. The van der Waals surface area contributed by atoms with Gasteiger partial charge in [-0.15, -0.1) is 0 Å². The van der Waals surface area contributed by atoms with Gasteiger partial charge in [-0.25, -0.2) is 18.3 Å². The minimum Gasteiger partial charge on any atom is -0.355 e. The molecule has 15 heteroatoms. The maximum absolute atomic E-state index is 14.0. The fraction of sp³-hybridized carbons (Fsp3) is 0.571. The molecule has 5 rings (SSSR count). The van der Waals surface area contributed by atoms with E-state index in [1.165, 1.54) is 34.6 Å². The summed E-state index contributed by atoms with van der Waals surface area (Å²) in [5, 5.41) is 13.8. The first-order valence-corrected chi connectivity index (χ1v) is 14.2. The van der Waals surface area contributed by atoms with Gasteiger partial charge in [-0.3, -0.25) is 19.1 Å². The first-order valence-electron chi connectivity index (χ1n) is 14.2. The number of fused-ring (bicyclic) bond motifs is 1. The Bertz CT molecular complexity index is 1520. The van der Waals surface area contributed by atoms with Crippen molar-refractivity contribution < 1.29 is 36.3 Å². The largest absolute Gasteiger partial charge is 0.393 e. The molecule has 3 aromatic heterocycles. The molecule has 0 radical (unpaired) electrons. The van der Waals surface area contributed by atoms with Gasteiger partial charge in [-0.05, 0) is 51.2 Å². The van der Waals surface area contributed by atoms with Crippen LogP contribution in [-0.2, 0) is 17.8 Å². The number of imidazole rings is 1. The first-order chi connectivity index (χ1) is 20.3. The number of hydrogen-bond donors (Lipinski definition) is 2. The van der Waals surface area contributed by atoms with Crippen LogP contribution in [-0.4, -0.2) is 60.6 Å².